The molecular weight excluding hydrogens is 1340 g/mol. The van der Waals surface area contributed by atoms with E-state index in [1.807, 2.05) is 6.92 Å². The van der Waals surface area contributed by atoms with Gasteiger partial charge in [-0.2, -0.15) is 0 Å². The lowest BCUT2D eigenvalue weighted by Gasteiger charge is -2.31. The maximum absolute atomic E-state index is 15.0. The molecule has 0 spiro atoms. The van der Waals surface area contributed by atoms with Gasteiger partial charge in [-0.15, -0.1) is 0 Å². The number of aliphatic hydroxyl groups excluding tert-OH is 1. The molecule has 7 rings (SSSR count). The Morgan fingerprint density at radius 3 is 1.31 bits per heavy atom. The molecule has 1 fully saturated rings. The van der Waals surface area contributed by atoms with Crippen molar-refractivity contribution < 1.29 is 78.3 Å². The molecule has 6 aromatic rings. The molecule has 0 saturated carbocycles. The Kier molecular flexibility index (Phi) is 30.3. The van der Waals surface area contributed by atoms with Crippen molar-refractivity contribution in [1.29, 1.82) is 0 Å². The molecule has 1 saturated heterocycles. The van der Waals surface area contributed by atoms with Crippen LogP contribution in [0.5, 0.6) is 17.2 Å². The molecule has 4 aromatic carbocycles. The molecule has 3 heterocycles. The maximum Gasteiger partial charge on any atom is 0.328 e. The van der Waals surface area contributed by atoms with E-state index in [1.165, 1.54) is 97.0 Å². The summed E-state index contributed by atoms with van der Waals surface area (Å²) in [7, 11) is 0. The average molecular weight is 1440 g/mol. The van der Waals surface area contributed by atoms with Crippen molar-refractivity contribution in [3.05, 3.63) is 168 Å². The van der Waals surface area contributed by atoms with Crippen molar-refractivity contribution in [3.63, 3.8) is 0 Å². The number of rotatable bonds is 39. The highest BCUT2D eigenvalue weighted by Crippen LogP contribution is 2.23. The average Bonchev–Trinajstić information content (AvgIpc) is 1.58. The van der Waals surface area contributed by atoms with E-state index in [1.54, 1.807) is 77.1 Å². The number of carbonyl (C=O) groups is 11. The second-order valence-corrected chi connectivity index (χ2v) is 26.9. The third-order valence-corrected chi connectivity index (χ3v) is 17.7. The molecule has 11 unspecified atom stereocenters. The summed E-state index contributed by atoms with van der Waals surface area (Å²) >= 11 is 0. The van der Waals surface area contributed by atoms with Crippen molar-refractivity contribution in [1.82, 2.24) is 72.7 Å². The molecule has 0 bridgehead atoms. The molecule has 1 aliphatic rings. The van der Waals surface area contributed by atoms with Crippen LogP contribution in [0.4, 0.5) is 0 Å². The fourth-order valence-corrected chi connectivity index (χ4v) is 11.9. The molecule has 0 aliphatic carbocycles. The minimum absolute atomic E-state index is 0.000189. The number of aromatic amines is 2. The van der Waals surface area contributed by atoms with E-state index in [9.17, 15) is 73.5 Å². The van der Waals surface area contributed by atoms with Crippen LogP contribution in [0, 0.1) is 24.2 Å². The van der Waals surface area contributed by atoms with Gasteiger partial charge < -0.3 is 88.3 Å². The number of carbonyl (C=O) groups excluding carboxylic acids is 10. The minimum atomic E-state index is -1.76. The van der Waals surface area contributed by atoms with Gasteiger partial charge in [-0.05, 0) is 109 Å². The second-order valence-electron chi connectivity index (χ2n) is 26.9. The van der Waals surface area contributed by atoms with Crippen LogP contribution in [0.2, 0.25) is 0 Å². The van der Waals surface area contributed by atoms with Crippen LogP contribution in [0.25, 0.3) is 0 Å². The van der Waals surface area contributed by atoms with Gasteiger partial charge in [0.1, 0.15) is 77.7 Å². The van der Waals surface area contributed by atoms with E-state index < -0.39 is 138 Å². The highest BCUT2D eigenvalue weighted by Gasteiger charge is 2.42. The standard InChI is InChI=1S/C74H95N14O16/c1-7-44(6)64(87-63(93)28-21-45-15-22-51(90)23-16-45)72(101)85-60(36-50-38-76-41-78-50)73(102)88-29-11-14-62(88)71(100)84-58(32-46-12-9-8-10-13-46)68(97)83-59(35-49-37-75-40-77-49)70(99)80-54(30-42(2)3)65(94)79-55(31-43(4)5)66(95)81-56(33-47-17-24-52(91)25-18-47)67(96)82-57(34-48-19-26-53(92)27-20-48)69(98)86-61(39-89)74(103)104/h8-10,12-13,15-20,22-28,37-38,40-44,54-62,64,89-92H,7,11,14,21,29-36,39H2,1-6H3,(H,75,77)(H,76,78)(H,79,94)(H,80,99)(H,81,95)(H,82,96)(H,83,97)(H,84,100)(H,85,101)(H,86,98)(H,87,93)(H,103,104). The number of aliphatic hydroxyl groups is 1. The topological polar surface area (TPSA) is 458 Å². The molecule has 11 atom stereocenters. The van der Waals surface area contributed by atoms with Crippen LogP contribution >= 0.6 is 0 Å². The number of aliphatic carboxylic acids is 1. The zero-order chi connectivity index (χ0) is 75.6. The number of carboxylic acid groups (broad SMARTS) is 1. The molecule has 1 radical (unpaired) electrons. The Morgan fingerprint density at radius 2 is 0.885 bits per heavy atom. The summed E-state index contributed by atoms with van der Waals surface area (Å²) in [6.45, 7) is 9.89. The number of benzene rings is 4. The quantitative estimate of drug-likeness (QED) is 0.0261. The lowest BCUT2D eigenvalue weighted by Crippen LogP contribution is -2.61. The van der Waals surface area contributed by atoms with Crippen molar-refractivity contribution in [3.8, 4) is 17.2 Å². The van der Waals surface area contributed by atoms with Gasteiger partial charge in [-0.3, -0.25) is 47.9 Å². The summed E-state index contributed by atoms with van der Waals surface area (Å²) in [5.74, 6) is -10.5. The zero-order valence-electron chi connectivity index (χ0n) is 59.0. The summed E-state index contributed by atoms with van der Waals surface area (Å²) in [6, 6.07) is 12.4. The number of carboxylic acids is 1. The Morgan fingerprint density at radius 1 is 0.490 bits per heavy atom. The minimum Gasteiger partial charge on any atom is -0.508 e. The van der Waals surface area contributed by atoms with Gasteiger partial charge in [0.2, 0.25) is 59.1 Å². The number of phenolic OH excluding ortho intramolecular Hbond substituents is 3. The summed E-state index contributed by atoms with van der Waals surface area (Å²) in [4.78, 5) is 173. The zero-order valence-corrected chi connectivity index (χ0v) is 59.0. The van der Waals surface area contributed by atoms with Gasteiger partial charge in [-0.1, -0.05) is 115 Å². The van der Waals surface area contributed by atoms with E-state index >= 15 is 4.79 Å². The van der Waals surface area contributed by atoms with Crippen LogP contribution in [0.3, 0.4) is 0 Å². The lowest BCUT2D eigenvalue weighted by molar-refractivity contribution is -0.143. The number of likely N-dealkylation sites (tertiary alicyclic amines) is 1. The number of hydrogen-bond acceptors (Lipinski definition) is 17. The van der Waals surface area contributed by atoms with Gasteiger partial charge in [0, 0.05) is 62.4 Å². The number of hydrogen-bond donors (Lipinski definition) is 16. The Hall–Kier alpha value is -11.2. The van der Waals surface area contributed by atoms with E-state index in [-0.39, 0.29) is 93.4 Å². The summed E-state index contributed by atoms with van der Waals surface area (Å²) in [6.07, 6.45) is 7.39. The fraction of sp³-hybridized carbons (Fsp3) is 0.432. The summed E-state index contributed by atoms with van der Waals surface area (Å²) in [5, 5.41) is 73.6. The predicted molar refractivity (Wildman–Crippen MR) is 380 cm³/mol. The van der Waals surface area contributed by atoms with Gasteiger partial charge in [0.05, 0.1) is 25.7 Å². The Labute approximate surface area is 602 Å². The van der Waals surface area contributed by atoms with Gasteiger partial charge in [-0.25, -0.2) is 14.8 Å². The number of H-pyrrole nitrogens is 2. The van der Waals surface area contributed by atoms with Crippen LogP contribution in [-0.4, -0.2) is 189 Å². The van der Waals surface area contributed by atoms with E-state index in [0.29, 0.717) is 40.9 Å². The molecule has 30 nitrogen and oxygen atoms in total. The van der Waals surface area contributed by atoms with Crippen LogP contribution in [0.1, 0.15) is 107 Å². The number of aromatic hydroxyl groups is 3. The number of amides is 10. The molecule has 104 heavy (non-hydrogen) atoms. The molecule has 2 aromatic heterocycles. The van der Waals surface area contributed by atoms with Gasteiger partial charge in [0.25, 0.3) is 0 Å². The largest absolute Gasteiger partial charge is 0.508 e. The molecule has 10 amide bonds. The first-order valence-corrected chi connectivity index (χ1v) is 34.7. The van der Waals surface area contributed by atoms with Crippen LogP contribution < -0.4 is 47.9 Å². The molecule has 1 aliphatic heterocycles. The third-order valence-electron chi connectivity index (χ3n) is 17.7. The van der Waals surface area contributed by atoms with Crippen molar-refractivity contribution in [2.45, 2.75) is 173 Å². The van der Waals surface area contributed by atoms with Crippen LogP contribution in [-0.2, 0) is 91.3 Å². The van der Waals surface area contributed by atoms with E-state index in [2.05, 4.69) is 67.8 Å². The normalized spacial score (nSPS) is 15.6. The first-order valence-electron chi connectivity index (χ1n) is 34.7. The highest BCUT2D eigenvalue weighted by molar-refractivity contribution is 5.99. The van der Waals surface area contributed by atoms with Crippen LogP contribution in [0.15, 0.2) is 128 Å². The smallest absolute Gasteiger partial charge is 0.328 e. The summed E-state index contributed by atoms with van der Waals surface area (Å²) < 4.78 is 0. The monoisotopic (exact) mass is 1440 g/mol. The number of phenols is 3. The maximum atomic E-state index is 15.0. The SMILES string of the molecule is CCC(C)C(NC(=O)[CH]Cc1ccc(O)cc1)C(=O)NC(Cc1cnc[nH]1)C(=O)N1CCCC1C(=O)NC(Cc1ccccc1)C(=O)NC(Cc1cnc[nH]1)C(=O)NC(CC(C)C)C(=O)NC(CC(C)C)C(=O)NC(Cc1ccc(O)cc1)C(=O)NC(Cc1ccc(O)cc1)C(=O)NC(CO)C(=O)O. The molecule has 16 N–H and O–H groups in total. The highest BCUT2D eigenvalue weighted by atomic mass is 16.4. The third kappa shape index (κ3) is 24.8. The first kappa shape index (κ1) is 80.1. The second kappa shape index (κ2) is 39.3. The van der Waals surface area contributed by atoms with Gasteiger partial charge in [0.15, 0.2) is 0 Å². The summed E-state index contributed by atoms with van der Waals surface area (Å²) in [5.41, 5.74) is 3.08. The number of nitrogens with zero attached hydrogens (tertiary/aromatic N) is 3. The van der Waals surface area contributed by atoms with Gasteiger partial charge >= 0.3 is 5.97 Å². The number of aromatic nitrogens is 4. The molecule has 557 valence electrons. The fourth-order valence-electron chi connectivity index (χ4n) is 11.9. The van der Waals surface area contributed by atoms with E-state index in [0.717, 1.165) is 5.56 Å². The Bertz CT molecular complexity index is 3820. The van der Waals surface area contributed by atoms with E-state index in [4.69, 9.17) is 0 Å². The Balaban J connectivity index is 1.10. The van der Waals surface area contributed by atoms with Crippen molar-refractivity contribution >= 4 is 65.0 Å². The predicted octanol–water partition coefficient (Wildman–Crippen LogP) is 1.78. The number of nitrogens with one attached hydrogen (secondary N) is 11. The molecule has 30 heteroatoms. The molecular formula is C74H95N14O16. The van der Waals surface area contributed by atoms with Crippen molar-refractivity contribution in [2.24, 2.45) is 17.8 Å². The first-order chi connectivity index (χ1) is 49.7. The number of imidazole rings is 2. The lowest BCUT2D eigenvalue weighted by atomic mass is 9.97. The van der Waals surface area contributed by atoms with Crippen molar-refractivity contribution in [2.75, 3.05) is 13.2 Å².